The first-order valence-corrected chi connectivity index (χ1v) is 18.4. The van der Waals surface area contributed by atoms with Crippen molar-refractivity contribution in [2.45, 2.75) is 71.6 Å². The standard InChI is InChI=1S/C40H45F2N7O7/c1-39(2,3)55-37(53)46(8)28-14-26(41)32(42)30-22(28)13-27-31(30)33(48-11-10-20-17-45(7)19-29(20)48)24(16-43-27)21-12-23-34(50)25(36(51)52)18-49(35(23)44-15-21)47(9)38(54)56-40(4,5)6/h12,14-16,18,20,29H,10-11,13,17,19H2,1-9H3,(H,51,52)/t20-,29+/m0/s1. The number of ether oxygens (including phenoxy) is 2. The molecule has 296 valence electrons. The van der Waals surface area contributed by atoms with E-state index < -0.39 is 52.0 Å². The van der Waals surface area contributed by atoms with Gasteiger partial charge in [-0.3, -0.25) is 14.7 Å². The highest BCUT2D eigenvalue weighted by Gasteiger charge is 2.44. The van der Waals surface area contributed by atoms with Crippen molar-refractivity contribution < 1.29 is 37.7 Å². The Bertz CT molecular complexity index is 2390. The molecule has 56 heavy (non-hydrogen) atoms. The van der Waals surface area contributed by atoms with E-state index in [2.05, 4.69) is 14.8 Å². The minimum Gasteiger partial charge on any atom is -0.477 e. The second-order valence-corrected chi connectivity index (χ2v) is 16.8. The lowest BCUT2D eigenvalue weighted by molar-refractivity contribution is 0.0547. The van der Waals surface area contributed by atoms with E-state index in [1.54, 1.807) is 47.7 Å². The quantitative estimate of drug-likeness (QED) is 0.223. The summed E-state index contributed by atoms with van der Waals surface area (Å²) in [5, 5.41) is 11.0. The number of pyridine rings is 3. The molecule has 1 N–H and O–H groups in total. The molecule has 2 atom stereocenters. The van der Waals surface area contributed by atoms with Gasteiger partial charge in [-0.25, -0.2) is 37.8 Å². The Hall–Kier alpha value is -5.64. The number of aromatic nitrogens is 3. The van der Waals surface area contributed by atoms with Crippen LogP contribution in [-0.2, 0) is 15.9 Å². The van der Waals surface area contributed by atoms with Crippen LogP contribution in [0.15, 0.2) is 35.5 Å². The van der Waals surface area contributed by atoms with Crippen molar-refractivity contribution in [3.8, 4) is 22.3 Å². The third-order valence-corrected chi connectivity index (χ3v) is 10.4. The van der Waals surface area contributed by atoms with Gasteiger partial charge in [-0.1, -0.05) is 0 Å². The highest BCUT2D eigenvalue weighted by molar-refractivity contribution is 6.00. The second-order valence-electron chi connectivity index (χ2n) is 16.8. The maximum absolute atomic E-state index is 16.4. The molecular formula is C40H45F2N7O7. The van der Waals surface area contributed by atoms with Gasteiger partial charge in [0.2, 0.25) is 5.43 Å². The molecule has 2 saturated heterocycles. The lowest BCUT2D eigenvalue weighted by Gasteiger charge is -2.31. The number of amides is 2. The smallest absolute Gasteiger partial charge is 0.429 e. The van der Waals surface area contributed by atoms with E-state index in [4.69, 9.17) is 14.5 Å². The average molecular weight is 774 g/mol. The molecule has 2 aliphatic heterocycles. The molecule has 0 bridgehead atoms. The SMILES string of the molecule is CN1C[C@@H]2CCN(c3c(-c4cnc5c(c4)c(=O)c(C(=O)O)cn5N(C)C(=O)OC(C)(C)C)cnc4c3-c3c(F)c(F)cc(N(C)C(=O)OC(C)(C)C)c3C4)[C@@H]2C1. The van der Waals surface area contributed by atoms with Crippen molar-refractivity contribution in [1.29, 1.82) is 0 Å². The van der Waals surface area contributed by atoms with E-state index in [0.29, 0.717) is 52.6 Å². The average Bonchev–Trinajstić information content (AvgIpc) is 3.79. The number of likely N-dealkylation sites (tertiary alicyclic amines) is 1. The molecule has 5 heterocycles. The van der Waals surface area contributed by atoms with Gasteiger partial charge < -0.3 is 24.4 Å². The molecule has 0 spiro atoms. The molecule has 3 aliphatic rings. The topological polar surface area (TPSA) is 151 Å². The third-order valence-electron chi connectivity index (χ3n) is 10.4. The number of hydrogen-bond acceptors (Lipinski definition) is 10. The Morgan fingerprint density at radius 3 is 2.29 bits per heavy atom. The number of anilines is 2. The van der Waals surface area contributed by atoms with E-state index in [1.807, 2.05) is 7.05 Å². The van der Waals surface area contributed by atoms with Crippen LogP contribution in [0.2, 0.25) is 0 Å². The lowest BCUT2D eigenvalue weighted by Crippen LogP contribution is -2.42. The minimum absolute atomic E-state index is 0.0142. The van der Waals surface area contributed by atoms with Crippen molar-refractivity contribution in [1.82, 2.24) is 19.5 Å². The summed E-state index contributed by atoms with van der Waals surface area (Å²) in [7, 11) is 4.84. The maximum atomic E-state index is 16.4. The first-order chi connectivity index (χ1) is 26.1. The highest BCUT2D eigenvalue weighted by atomic mass is 19.2. The van der Waals surface area contributed by atoms with Crippen LogP contribution in [-0.4, -0.2) is 101 Å². The van der Waals surface area contributed by atoms with Crippen molar-refractivity contribution in [2.24, 2.45) is 5.92 Å². The van der Waals surface area contributed by atoms with Gasteiger partial charge in [0, 0.05) is 93.1 Å². The molecule has 0 saturated carbocycles. The summed E-state index contributed by atoms with van der Waals surface area (Å²) >= 11 is 0. The van der Waals surface area contributed by atoms with Gasteiger partial charge in [0.05, 0.1) is 22.5 Å². The number of carboxylic acids is 1. The summed E-state index contributed by atoms with van der Waals surface area (Å²) < 4.78 is 44.3. The summed E-state index contributed by atoms with van der Waals surface area (Å²) in [5.74, 6) is -3.45. The number of carbonyl (C=O) groups excluding carboxylic acids is 2. The number of likely N-dealkylation sites (N-methyl/N-ethyl adjacent to an activating group) is 1. The molecule has 2 fully saturated rings. The number of nitrogens with zero attached hydrogens (tertiary/aromatic N) is 7. The van der Waals surface area contributed by atoms with E-state index >= 15 is 8.78 Å². The van der Waals surface area contributed by atoms with Gasteiger partial charge in [-0.2, -0.15) is 0 Å². The van der Waals surface area contributed by atoms with Crippen LogP contribution in [0.4, 0.5) is 29.7 Å². The largest absolute Gasteiger partial charge is 0.477 e. The van der Waals surface area contributed by atoms with Crippen LogP contribution >= 0.6 is 0 Å². The Morgan fingerprint density at radius 1 is 0.946 bits per heavy atom. The number of rotatable bonds is 5. The van der Waals surface area contributed by atoms with Crippen LogP contribution in [0.25, 0.3) is 33.3 Å². The van der Waals surface area contributed by atoms with Gasteiger partial charge in [0.1, 0.15) is 16.8 Å². The lowest BCUT2D eigenvalue weighted by atomic mass is 9.96. The monoisotopic (exact) mass is 773 g/mol. The van der Waals surface area contributed by atoms with Crippen LogP contribution in [0.5, 0.6) is 0 Å². The highest BCUT2D eigenvalue weighted by Crippen LogP contribution is 2.52. The molecule has 3 aromatic heterocycles. The van der Waals surface area contributed by atoms with Gasteiger partial charge in [0.25, 0.3) is 0 Å². The third kappa shape index (κ3) is 6.69. The van der Waals surface area contributed by atoms with Crippen LogP contribution in [0, 0.1) is 17.6 Å². The summed E-state index contributed by atoms with van der Waals surface area (Å²) in [5.41, 5.74) is -0.459. The van der Waals surface area contributed by atoms with E-state index in [9.17, 15) is 24.3 Å². The Morgan fingerprint density at radius 2 is 1.62 bits per heavy atom. The number of aromatic carboxylic acids is 1. The number of carboxylic acid groups (broad SMARTS) is 1. The van der Waals surface area contributed by atoms with E-state index in [0.717, 1.165) is 34.9 Å². The van der Waals surface area contributed by atoms with E-state index in [1.165, 1.54) is 31.3 Å². The molecule has 0 radical (unpaired) electrons. The fraction of sp³-hybridized carbons (Fsp3) is 0.450. The fourth-order valence-corrected chi connectivity index (χ4v) is 8.02. The summed E-state index contributed by atoms with van der Waals surface area (Å²) in [6.07, 6.45) is 3.49. The first kappa shape index (κ1) is 38.6. The van der Waals surface area contributed by atoms with Gasteiger partial charge >= 0.3 is 18.2 Å². The van der Waals surface area contributed by atoms with Crippen LogP contribution in [0.3, 0.4) is 0 Å². The zero-order chi connectivity index (χ0) is 40.8. The van der Waals surface area contributed by atoms with Crippen molar-refractivity contribution >= 4 is 40.6 Å². The fourth-order valence-electron chi connectivity index (χ4n) is 8.02. The molecule has 7 rings (SSSR count). The normalized spacial score (nSPS) is 17.8. The Labute approximate surface area is 322 Å². The summed E-state index contributed by atoms with van der Waals surface area (Å²) in [6, 6.07) is 2.49. The molecule has 0 unspecified atom stereocenters. The number of halogens is 2. The van der Waals surface area contributed by atoms with Crippen LogP contribution in [0.1, 0.15) is 69.6 Å². The zero-order valence-corrected chi connectivity index (χ0v) is 32.9. The zero-order valence-electron chi connectivity index (χ0n) is 32.9. The van der Waals surface area contributed by atoms with Crippen molar-refractivity contribution in [3.05, 3.63) is 69.4 Å². The van der Waals surface area contributed by atoms with Gasteiger partial charge in [-0.15, -0.1) is 0 Å². The number of fused-ring (bicyclic) bond motifs is 5. The first-order valence-electron chi connectivity index (χ1n) is 18.4. The predicted octanol–water partition coefficient (Wildman–Crippen LogP) is 6.02. The summed E-state index contributed by atoms with van der Waals surface area (Å²) in [4.78, 5) is 67.4. The molecule has 1 aromatic carbocycles. The predicted molar refractivity (Wildman–Crippen MR) is 206 cm³/mol. The van der Waals surface area contributed by atoms with Crippen LogP contribution < -0.4 is 20.2 Å². The molecule has 16 heteroatoms. The number of hydrogen-bond donors (Lipinski definition) is 1. The maximum Gasteiger partial charge on any atom is 0.429 e. The van der Waals surface area contributed by atoms with Crippen molar-refractivity contribution in [2.75, 3.05) is 55.6 Å². The Balaban J connectivity index is 1.46. The summed E-state index contributed by atoms with van der Waals surface area (Å²) in [6.45, 7) is 12.4. The molecule has 4 aromatic rings. The molecule has 1 aliphatic carbocycles. The van der Waals surface area contributed by atoms with Gasteiger partial charge in [0.15, 0.2) is 17.3 Å². The van der Waals surface area contributed by atoms with E-state index in [-0.39, 0.29) is 34.7 Å². The molecular weight excluding hydrogens is 728 g/mol. The molecule has 2 amide bonds. The Kier molecular flexibility index (Phi) is 9.33. The second kappa shape index (κ2) is 13.5. The van der Waals surface area contributed by atoms with Crippen molar-refractivity contribution in [3.63, 3.8) is 0 Å². The number of benzene rings is 1. The molecule has 14 nitrogen and oxygen atoms in total. The van der Waals surface area contributed by atoms with Gasteiger partial charge in [-0.05, 0) is 72.6 Å². The number of carbonyl (C=O) groups is 3. The minimum atomic E-state index is -1.51.